The number of fused-ring (bicyclic) bond motifs is 1. The Morgan fingerprint density at radius 1 is 1.03 bits per heavy atom. The summed E-state index contributed by atoms with van der Waals surface area (Å²) in [6.45, 7) is 10.8. The lowest BCUT2D eigenvalue weighted by Gasteiger charge is -2.13. The zero-order valence-electron chi connectivity index (χ0n) is 20.6. The number of amides is 1. The Balaban J connectivity index is 1.54. The molecule has 0 fully saturated rings. The molecule has 1 heterocycles. The van der Waals surface area contributed by atoms with Gasteiger partial charge < -0.3 is 14.6 Å². The molecule has 0 bridgehead atoms. The lowest BCUT2D eigenvalue weighted by atomic mass is 10.0. The number of nitrogens with one attached hydrogen (secondary N) is 1. The third kappa shape index (κ3) is 6.83. The highest BCUT2D eigenvalue weighted by molar-refractivity contribution is 5.78. The minimum atomic E-state index is 0.121. The molecule has 1 N–H and O–H groups in total. The van der Waals surface area contributed by atoms with E-state index in [4.69, 9.17) is 9.72 Å². The highest BCUT2D eigenvalue weighted by Gasteiger charge is 2.14. The first-order chi connectivity index (χ1) is 16.0. The van der Waals surface area contributed by atoms with E-state index in [-0.39, 0.29) is 11.8 Å². The summed E-state index contributed by atoms with van der Waals surface area (Å²) in [5.74, 6) is 2.82. The zero-order chi connectivity index (χ0) is 23.6. The molecule has 33 heavy (non-hydrogen) atoms. The van der Waals surface area contributed by atoms with E-state index in [0.717, 1.165) is 61.3 Å². The number of benzene rings is 2. The van der Waals surface area contributed by atoms with Crippen molar-refractivity contribution < 1.29 is 9.53 Å². The summed E-state index contributed by atoms with van der Waals surface area (Å²) < 4.78 is 8.29. The normalized spacial score (nSPS) is 11.5. The van der Waals surface area contributed by atoms with Gasteiger partial charge in [0.2, 0.25) is 5.91 Å². The quantitative estimate of drug-likeness (QED) is 0.320. The number of rotatable bonds is 13. The maximum atomic E-state index is 12.2. The van der Waals surface area contributed by atoms with Crippen LogP contribution in [0.1, 0.15) is 70.7 Å². The Labute approximate surface area is 198 Å². The van der Waals surface area contributed by atoms with Gasteiger partial charge in [-0.1, -0.05) is 52.0 Å². The van der Waals surface area contributed by atoms with Crippen LogP contribution < -0.4 is 10.1 Å². The molecule has 0 aliphatic carbocycles. The summed E-state index contributed by atoms with van der Waals surface area (Å²) in [7, 11) is 0. The Bertz CT molecular complexity index is 1000. The molecule has 0 aliphatic heterocycles. The Hall–Kier alpha value is -2.82. The summed E-state index contributed by atoms with van der Waals surface area (Å²) in [5, 5.41) is 3.09. The van der Waals surface area contributed by atoms with Crippen molar-refractivity contribution in [1.82, 2.24) is 14.9 Å². The molecule has 178 valence electrons. The SMILES string of the molecule is CCC(CC)C(=O)NCCCc1nc2ccccc2n1CCCOc1ccc(C(C)C)cc1. The van der Waals surface area contributed by atoms with Gasteiger partial charge in [0.15, 0.2) is 0 Å². The maximum Gasteiger partial charge on any atom is 0.223 e. The molecule has 0 radical (unpaired) electrons. The van der Waals surface area contributed by atoms with Crippen molar-refractivity contribution in [2.24, 2.45) is 5.92 Å². The number of ether oxygens (including phenoxy) is 1. The molecule has 1 aromatic heterocycles. The second-order valence-electron chi connectivity index (χ2n) is 9.00. The fourth-order valence-corrected chi connectivity index (χ4v) is 4.19. The second-order valence-corrected chi connectivity index (χ2v) is 9.00. The average Bonchev–Trinajstić information content (AvgIpc) is 3.18. The van der Waals surface area contributed by atoms with Gasteiger partial charge in [0.25, 0.3) is 0 Å². The van der Waals surface area contributed by atoms with E-state index in [0.29, 0.717) is 19.1 Å². The number of aromatic nitrogens is 2. The van der Waals surface area contributed by atoms with Crippen LogP contribution in [0.2, 0.25) is 0 Å². The standard InChI is InChI=1S/C28H39N3O2/c1-5-22(6-2)28(32)29-18-9-13-27-30-25-11-7-8-12-26(25)31(27)19-10-20-33-24-16-14-23(15-17-24)21(3)4/h7-8,11-12,14-17,21-22H,5-6,9-10,13,18-20H2,1-4H3,(H,29,32). The summed E-state index contributed by atoms with van der Waals surface area (Å²) in [5.41, 5.74) is 3.52. The number of carbonyl (C=O) groups excluding carboxylic acids is 1. The smallest absolute Gasteiger partial charge is 0.223 e. The minimum Gasteiger partial charge on any atom is -0.494 e. The molecule has 1 amide bonds. The lowest BCUT2D eigenvalue weighted by molar-refractivity contribution is -0.125. The van der Waals surface area contributed by atoms with Crippen molar-refractivity contribution in [3.05, 3.63) is 59.9 Å². The van der Waals surface area contributed by atoms with Gasteiger partial charge in [-0.2, -0.15) is 0 Å². The average molecular weight is 450 g/mol. The number of hydrogen-bond acceptors (Lipinski definition) is 3. The highest BCUT2D eigenvalue weighted by Crippen LogP contribution is 2.20. The molecule has 3 aromatic rings. The first kappa shape index (κ1) is 24.8. The fraction of sp³-hybridized carbons (Fsp3) is 0.500. The van der Waals surface area contributed by atoms with Crippen LogP contribution in [-0.2, 0) is 17.8 Å². The molecule has 0 aliphatic rings. The van der Waals surface area contributed by atoms with Crippen molar-refractivity contribution in [2.45, 2.75) is 72.3 Å². The predicted octanol–water partition coefficient (Wildman–Crippen LogP) is 6.11. The van der Waals surface area contributed by atoms with Crippen molar-refractivity contribution in [1.29, 1.82) is 0 Å². The minimum absolute atomic E-state index is 0.121. The molecule has 0 saturated heterocycles. The molecule has 2 aromatic carbocycles. The lowest BCUT2D eigenvalue weighted by Crippen LogP contribution is -2.31. The van der Waals surface area contributed by atoms with Gasteiger partial charge >= 0.3 is 0 Å². The van der Waals surface area contributed by atoms with E-state index < -0.39 is 0 Å². The van der Waals surface area contributed by atoms with Gasteiger partial charge in [-0.05, 0) is 61.4 Å². The second kappa shape index (κ2) is 12.4. The van der Waals surface area contributed by atoms with Gasteiger partial charge in [-0.3, -0.25) is 4.79 Å². The summed E-state index contributed by atoms with van der Waals surface area (Å²) in [6.07, 6.45) is 4.41. The van der Waals surface area contributed by atoms with Crippen LogP contribution in [0.5, 0.6) is 5.75 Å². The topological polar surface area (TPSA) is 56.2 Å². The number of para-hydroxylation sites is 2. The van der Waals surface area contributed by atoms with E-state index in [1.54, 1.807) is 0 Å². The Morgan fingerprint density at radius 3 is 2.45 bits per heavy atom. The summed E-state index contributed by atoms with van der Waals surface area (Å²) in [4.78, 5) is 17.1. The molecule has 0 atom stereocenters. The number of imidazole rings is 1. The third-order valence-corrected chi connectivity index (χ3v) is 6.31. The van der Waals surface area contributed by atoms with E-state index in [1.165, 1.54) is 5.56 Å². The van der Waals surface area contributed by atoms with Crippen molar-refractivity contribution >= 4 is 16.9 Å². The predicted molar refractivity (Wildman–Crippen MR) is 136 cm³/mol. The van der Waals surface area contributed by atoms with Crippen LogP contribution in [0, 0.1) is 5.92 Å². The van der Waals surface area contributed by atoms with Crippen LogP contribution in [0.25, 0.3) is 11.0 Å². The zero-order valence-corrected chi connectivity index (χ0v) is 20.6. The van der Waals surface area contributed by atoms with Crippen molar-refractivity contribution in [2.75, 3.05) is 13.2 Å². The van der Waals surface area contributed by atoms with E-state index >= 15 is 0 Å². The van der Waals surface area contributed by atoms with Crippen LogP contribution >= 0.6 is 0 Å². The number of aryl methyl sites for hydroxylation is 2. The van der Waals surface area contributed by atoms with Crippen LogP contribution in [0.3, 0.4) is 0 Å². The maximum absolute atomic E-state index is 12.2. The van der Waals surface area contributed by atoms with Crippen LogP contribution in [-0.4, -0.2) is 28.6 Å². The van der Waals surface area contributed by atoms with Gasteiger partial charge in [-0.25, -0.2) is 4.98 Å². The highest BCUT2D eigenvalue weighted by atomic mass is 16.5. The number of carbonyl (C=O) groups is 1. The third-order valence-electron chi connectivity index (χ3n) is 6.31. The van der Waals surface area contributed by atoms with Crippen LogP contribution in [0.4, 0.5) is 0 Å². The van der Waals surface area contributed by atoms with Gasteiger partial charge in [0.1, 0.15) is 11.6 Å². The fourth-order valence-electron chi connectivity index (χ4n) is 4.19. The molecule has 0 saturated carbocycles. The molecule has 0 unspecified atom stereocenters. The Morgan fingerprint density at radius 2 is 1.76 bits per heavy atom. The van der Waals surface area contributed by atoms with Crippen molar-refractivity contribution in [3.63, 3.8) is 0 Å². The molecule has 5 nitrogen and oxygen atoms in total. The van der Waals surface area contributed by atoms with E-state index in [9.17, 15) is 4.79 Å². The number of nitrogens with zero attached hydrogens (tertiary/aromatic N) is 2. The van der Waals surface area contributed by atoms with Gasteiger partial charge in [0, 0.05) is 25.4 Å². The number of hydrogen-bond donors (Lipinski definition) is 1. The molecule has 5 heteroatoms. The summed E-state index contributed by atoms with van der Waals surface area (Å²) in [6, 6.07) is 16.7. The van der Waals surface area contributed by atoms with Gasteiger partial charge in [-0.15, -0.1) is 0 Å². The largest absolute Gasteiger partial charge is 0.494 e. The molecular formula is C28H39N3O2. The Kier molecular flexibility index (Phi) is 9.35. The van der Waals surface area contributed by atoms with Gasteiger partial charge in [0.05, 0.1) is 17.6 Å². The van der Waals surface area contributed by atoms with Crippen LogP contribution in [0.15, 0.2) is 48.5 Å². The first-order valence-corrected chi connectivity index (χ1v) is 12.5. The monoisotopic (exact) mass is 449 g/mol. The van der Waals surface area contributed by atoms with E-state index in [2.05, 4.69) is 80.0 Å². The first-order valence-electron chi connectivity index (χ1n) is 12.5. The summed E-state index contributed by atoms with van der Waals surface area (Å²) >= 11 is 0. The molecule has 0 spiro atoms. The molecular weight excluding hydrogens is 410 g/mol. The van der Waals surface area contributed by atoms with E-state index in [1.807, 2.05) is 6.07 Å². The van der Waals surface area contributed by atoms with Crippen molar-refractivity contribution in [3.8, 4) is 5.75 Å². The molecule has 3 rings (SSSR count).